The van der Waals surface area contributed by atoms with Gasteiger partial charge in [-0.05, 0) is 30.5 Å². The van der Waals surface area contributed by atoms with E-state index in [4.69, 9.17) is 9.16 Å². The van der Waals surface area contributed by atoms with Crippen LogP contribution >= 0.6 is 0 Å². The maximum atomic E-state index is 11.8. The van der Waals surface area contributed by atoms with E-state index >= 15 is 0 Å². The van der Waals surface area contributed by atoms with E-state index in [1.807, 2.05) is 6.08 Å². The molecule has 22 heavy (non-hydrogen) atoms. The molecule has 4 atom stereocenters. The molecule has 4 heteroatoms. The van der Waals surface area contributed by atoms with Crippen molar-refractivity contribution >= 4 is 14.3 Å². The van der Waals surface area contributed by atoms with Crippen molar-refractivity contribution in [1.82, 2.24) is 0 Å². The Morgan fingerprint density at radius 1 is 1.36 bits per heavy atom. The molecular weight excluding hydrogens is 292 g/mol. The summed E-state index contributed by atoms with van der Waals surface area (Å²) >= 11 is 0. The van der Waals surface area contributed by atoms with Gasteiger partial charge in [0.2, 0.25) is 0 Å². The predicted octanol–water partition coefficient (Wildman–Crippen LogP) is 4.54. The van der Waals surface area contributed by atoms with Crippen molar-refractivity contribution in [2.45, 2.75) is 77.8 Å². The molecule has 0 aromatic rings. The van der Waals surface area contributed by atoms with Gasteiger partial charge in [-0.2, -0.15) is 0 Å². The minimum atomic E-state index is -1.67. The summed E-state index contributed by atoms with van der Waals surface area (Å²) in [6.45, 7) is 15.2. The van der Waals surface area contributed by atoms with Gasteiger partial charge >= 0.3 is 5.97 Å². The van der Waals surface area contributed by atoms with Crippen molar-refractivity contribution in [2.75, 3.05) is 0 Å². The molecule has 0 radical (unpaired) electrons. The van der Waals surface area contributed by atoms with Gasteiger partial charge in [-0.1, -0.05) is 40.7 Å². The molecule has 1 saturated heterocycles. The molecule has 1 heterocycles. The molecule has 2 aliphatic rings. The van der Waals surface area contributed by atoms with Crippen LogP contribution < -0.4 is 0 Å². The molecule has 0 spiro atoms. The van der Waals surface area contributed by atoms with Crippen LogP contribution in [0.5, 0.6) is 0 Å². The Hall–Kier alpha value is -0.613. The summed E-state index contributed by atoms with van der Waals surface area (Å²) < 4.78 is 12.3. The predicted molar refractivity (Wildman–Crippen MR) is 92.1 cm³/mol. The first-order valence-electron chi connectivity index (χ1n) is 8.82. The molecule has 1 saturated carbocycles. The standard InChI is InChI=1S/C18H32O3Si/c1-7-15(21-22(8-2,9-3)10-4)14-12-18(5,6)17-13(14)11-16(19)20-17/h7,13-15,17H,1,8-12H2,2-6H3/t13-,14-,15-,17-/m1/s1. The van der Waals surface area contributed by atoms with E-state index in [2.05, 4.69) is 41.2 Å². The van der Waals surface area contributed by atoms with E-state index in [-0.39, 0.29) is 23.6 Å². The van der Waals surface area contributed by atoms with E-state index in [1.165, 1.54) is 0 Å². The van der Waals surface area contributed by atoms with E-state index in [0.29, 0.717) is 18.3 Å². The molecule has 0 bridgehead atoms. The molecule has 2 rings (SSSR count). The fourth-order valence-corrected chi connectivity index (χ4v) is 7.37. The highest BCUT2D eigenvalue weighted by atomic mass is 28.4. The van der Waals surface area contributed by atoms with Gasteiger partial charge in [0.05, 0.1) is 12.5 Å². The first-order chi connectivity index (χ1) is 10.3. The number of hydrogen-bond acceptors (Lipinski definition) is 3. The van der Waals surface area contributed by atoms with Gasteiger partial charge in [-0.3, -0.25) is 4.79 Å². The van der Waals surface area contributed by atoms with Gasteiger partial charge in [0.25, 0.3) is 0 Å². The summed E-state index contributed by atoms with van der Waals surface area (Å²) in [7, 11) is -1.67. The largest absolute Gasteiger partial charge is 0.461 e. The van der Waals surface area contributed by atoms with Crippen LogP contribution in [0, 0.1) is 17.3 Å². The lowest BCUT2D eigenvalue weighted by atomic mass is 9.87. The molecule has 0 N–H and O–H groups in total. The van der Waals surface area contributed by atoms with Gasteiger partial charge in [0, 0.05) is 11.3 Å². The monoisotopic (exact) mass is 324 g/mol. The highest BCUT2D eigenvalue weighted by Gasteiger charge is 2.56. The number of carbonyl (C=O) groups is 1. The zero-order valence-corrected chi connectivity index (χ0v) is 15.9. The third kappa shape index (κ3) is 3.05. The van der Waals surface area contributed by atoms with Crippen LogP contribution in [0.1, 0.15) is 47.5 Å². The van der Waals surface area contributed by atoms with Crippen molar-refractivity contribution in [1.29, 1.82) is 0 Å². The maximum absolute atomic E-state index is 11.8. The molecule has 0 unspecified atom stereocenters. The van der Waals surface area contributed by atoms with E-state index in [1.54, 1.807) is 0 Å². The molecule has 0 amide bonds. The van der Waals surface area contributed by atoms with E-state index in [9.17, 15) is 4.79 Å². The first kappa shape index (κ1) is 17.7. The third-order valence-corrected chi connectivity index (χ3v) is 10.7. The van der Waals surface area contributed by atoms with Crippen LogP contribution in [0.2, 0.25) is 18.1 Å². The van der Waals surface area contributed by atoms with Crippen LogP contribution in [-0.2, 0) is 14.0 Å². The SMILES string of the molecule is C=C[C@@H](O[Si](CC)(CC)CC)[C@@H]1CC(C)(C)[C@@H]2OC(=O)C[C@H]12. The maximum Gasteiger partial charge on any atom is 0.306 e. The topological polar surface area (TPSA) is 35.5 Å². The zero-order chi connectivity index (χ0) is 16.5. The Kier molecular flexibility index (Phi) is 5.22. The van der Waals surface area contributed by atoms with Gasteiger partial charge < -0.3 is 9.16 Å². The molecule has 1 aliphatic heterocycles. The average molecular weight is 325 g/mol. The minimum Gasteiger partial charge on any atom is -0.461 e. The van der Waals surface area contributed by atoms with Crippen LogP contribution in [-0.4, -0.2) is 26.5 Å². The Labute approximate surface area is 136 Å². The van der Waals surface area contributed by atoms with Gasteiger partial charge in [0.1, 0.15) is 6.10 Å². The number of fused-ring (bicyclic) bond motifs is 1. The van der Waals surface area contributed by atoms with Crippen LogP contribution in [0.15, 0.2) is 12.7 Å². The Morgan fingerprint density at radius 3 is 2.45 bits per heavy atom. The summed E-state index contributed by atoms with van der Waals surface area (Å²) in [4.78, 5) is 11.8. The zero-order valence-electron chi connectivity index (χ0n) is 14.9. The lowest BCUT2D eigenvalue weighted by Gasteiger charge is -2.36. The van der Waals surface area contributed by atoms with Crippen molar-refractivity contribution in [3.63, 3.8) is 0 Å². The van der Waals surface area contributed by atoms with E-state index in [0.717, 1.165) is 24.6 Å². The summed E-state index contributed by atoms with van der Waals surface area (Å²) in [5.41, 5.74) is 0.0426. The summed E-state index contributed by atoms with van der Waals surface area (Å²) in [6, 6.07) is 3.43. The quantitative estimate of drug-likeness (QED) is 0.392. The highest BCUT2D eigenvalue weighted by molar-refractivity contribution is 6.73. The van der Waals surface area contributed by atoms with Crippen molar-refractivity contribution < 1.29 is 14.0 Å². The normalized spacial score (nSPS) is 31.7. The van der Waals surface area contributed by atoms with Gasteiger partial charge in [-0.15, -0.1) is 6.58 Å². The lowest BCUT2D eigenvalue weighted by molar-refractivity contribution is -0.145. The van der Waals surface area contributed by atoms with Crippen LogP contribution in [0.25, 0.3) is 0 Å². The fourth-order valence-electron chi connectivity index (χ4n) is 4.53. The number of hydrogen-bond donors (Lipinski definition) is 0. The van der Waals surface area contributed by atoms with E-state index < -0.39 is 8.32 Å². The van der Waals surface area contributed by atoms with Gasteiger partial charge in [-0.25, -0.2) is 0 Å². The Balaban J connectivity index is 2.21. The smallest absolute Gasteiger partial charge is 0.306 e. The second-order valence-electron chi connectivity index (χ2n) is 7.70. The second kappa shape index (κ2) is 6.48. The Bertz CT molecular complexity index is 420. The molecular formula is C18H32O3Si. The number of esters is 1. The molecule has 0 aromatic heterocycles. The Morgan fingerprint density at radius 2 is 1.95 bits per heavy atom. The number of rotatable bonds is 7. The summed E-state index contributed by atoms with van der Waals surface area (Å²) in [5, 5.41) is 0. The van der Waals surface area contributed by atoms with Crippen LogP contribution in [0.3, 0.4) is 0 Å². The molecule has 1 aliphatic carbocycles. The summed E-state index contributed by atoms with van der Waals surface area (Å²) in [6.07, 6.45) is 3.70. The van der Waals surface area contributed by atoms with Crippen molar-refractivity contribution in [3.8, 4) is 0 Å². The minimum absolute atomic E-state index is 0.0411. The molecule has 0 aromatic carbocycles. The highest BCUT2D eigenvalue weighted by Crippen LogP contribution is 2.53. The second-order valence-corrected chi connectivity index (χ2v) is 12.4. The molecule has 126 valence electrons. The van der Waals surface area contributed by atoms with Crippen molar-refractivity contribution in [3.05, 3.63) is 12.7 Å². The number of ether oxygens (including phenoxy) is 1. The number of carbonyl (C=O) groups excluding carboxylic acids is 1. The summed E-state index contributed by atoms with van der Waals surface area (Å²) in [5.74, 6) is 0.615. The fraction of sp³-hybridized carbons (Fsp3) is 0.833. The lowest BCUT2D eigenvalue weighted by Crippen LogP contribution is -2.42. The van der Waals surface area contributed by atoms with Crippen LogP contribution in [0.4, 0.5) is 0 Å². The average Bonchev–Trinajstić information content (AvgIpc) is 2.99. The molecule has 2 fully saturated rings. The molecule has 3 nitrogen and oxygen atoms in total. The van der Waals surface area contributed by atoms with Gasteiger partial charge in [0.15, 0.2) is 8.32 Å². The van der Waals surface area contributed by atoms with Crippen molar-refractivity contribution in [2.24, 2.45) is 17.3 Å². The third-order valence-electron chi connectivity index (χ3n) is 6.11. The first-order valence-corrected chi connectivity index (χ1v) is 11.3.